The van der Waals surface area contributed by atoms with Gasteiger partial charge < -0.3 is 0 Å². The van der Waals surface area contributed by atoms with Gasteiger partial charge in [-0.2, -0.15) is 0 Å². The molecule has 1 aromatic rings. The van der Waals surface area contributed by atoms with Crippen molar-refractivity contribution in [3.05, 3.63) is 35.4 Å². The molecule has 0 spiro atoms. The van der Waals surface area contributed by atoms with E-state index < -0.39 is 44.8 Å². The van der Waals surface area contributed by atoms with Crippen molar-refractivity contribution in [1.29, 1.82) is 0 Å². The summed E-state index contributed by atoms with van der Waals surface area (Å²) in [5, 5.41) is 0. The van der Waals surface area contributed by atoms with E-state index in [1.165, 1.54) is 0 Å². The first-order valence-electron chi connectivity index (χ1n) is 6.98. The zero-order valence-corrected chi connectivity index (χ0v) is 13.5. The Morgan fingerprint density at radius 2 is 1.95 bits per heavy atom. The molecular formula is C15H19F2NO3S. The molecule has 2 atom stereocenters. The molecule has 0 radical (unpaired) electrons. The van der Waals surface area contributed by atoms with Crippen LogP contribution < -0.4 is 4.72 Å². The molecule has 1 fully saturated rings. The molecule has 122 valence electrons. The van der Waals surface area contributed by atoms with Crippen LogP contribution in [0, 0.1) is 23.0 Å². The molecule has 2 rings (SSSR count). The van der Waals surface area contributed by atoms with E-state index in [0.29, 0.717) is 6.42 Å². The summed E-state index contributed by atoms with van der Waals surface area (Å²) >= 11 is 0. The van der Waals surface area contributed by atoms with E-state index in [9.17, 15) is 22.0 Å². The predicted molar refractivity (Wildman–Crippen MR) is 78.6 cm³/mol. The van der Waals surface area contributed by atoms with Crippen LogP contribution in [0.2, 0.25) is 0 Å². The van der Waals surface area contributed by atoms with Crippen LogP contribution in [0.15, 0.2) is 18.2 Å². The zero-order chi connectivity index (χ0) is 16.7. The van der Waals surface area contributed by atoms with Gasteiger partial charge >= 0.3 is 0 Å². The van der Waals surface area contributed by atoms with E-state index >= 15 is 0 Å². The molecule has 1 aliphatic rings. The smallest absolute Gasteiger partial charge is 0.237 e. The molecule has 1 aromatic carbocycles. The monoisotopic (exact) mass is 331 g/mol. The van der Waals surface area contributed by atoms with Crippen molar-refractivity contribution >= 4 is 15.9 Å². The molecule has 0 unspecified atom stereocenters. The third kappa shape index (κ3) is 4.25. The number of hydrogen-bond donors (Lipinski definition) is 1. The van der Waals surface area contributed by atoms with Crippen LogP contribution in [-0.2, 0) is 14.8 Å². The molecule has 0 aliphatic heterocycles. The van der Waals surface area contributed by atoms with E-state index in [-0.39, 0.29) is 11.3 Å². The number of hydrogen-bond acceptors (Lipinski definition) is 3. The van der Waals surface area contributed by atoms with Gasteiger partial charge in [0.15, 0.2) is 0 Å². The molecule has 0 saturated heterocycles. The minimum absolute atomic E-state index is 0.119. The summed E-state index contributed by atoms with van der Waals surface area (Å²) in [6.07, 6.45) is 0.317. The number of amides is 1. The molecule has 22 heavy (non-hydrogen) atoms. The number of sulfonamides is 1. The summed E-state index contributed by atoms with van der Waals surface area (Å²) < 4.78 is 52.6. The fraction of sp³-hybridized carbons (Fsp3) is 0.533. The summed E-state index contributed by atoms with van der Waals surface area (Å²) in [7, 11) is -3.73. The van der Waals surface area contributed by atoms with Crippen LogP contribution in [0.25, 0.3) is 0 Å². The van der Waals surface area contributed by atoms with Crippen LogP contribution in [-0.4, -0.2) is 20.1 Å². The van der Waals surface area contributed by atoms with Crippen LogP contribution in [0.1, 0.15) is 38.7 Å². The summed E-state index contributed by atoms with van der Waals surface area (Å²) in [6, 6.07) is 3.06. The maximum atomic E-state index is 13.6. The molecule has 4 nitrogen and oxygen atoms in total. The lowest BCUT2D eigenvalue weighted by atomic mass is 10.0. The van der Waals surface area contributed by atoms with Crippen molar-refractivity contribution in [1.82, 2.24) is 4.72 Å². The van der Waals surface area contributed by atoms with E-state index in [0.717, 1.165) is 18.2 Å². The number of carbonyl (C=O) groups excluding carboxylic acids is 1. The highest BCUT2D eigenvalue weighted by Crippen LogP contribution is 2.48. The maximum absolute atomic E-state index is 13.6. The average molecular weight is 331 g/mol. The third-order valence-corrected chi connectivity index (χ3v) is 5.12. The summed E-state index contributed by atoms with van der Waals surface area (Å²) in [5.41, 5.74) is -0.364. The molecule has 1 N–H and O–H groups in total. The van der Waals surface area contributed by atoms with Gasteiger partial charge in [0.2, 0.25) is 15.9 Å². The second-order valence-corrected chi connectivity index (χ2v) is 8.62. The quantitative estimate of drug-likeness (QED) is 0.922. The van der Waals surface area contributed by atoms with Crippen molar-refractivity contribution in [2.24, 2.45) is 11.3 Å². The highest BCUT2D eigenvalue weighted by molar-refractivity contribution is 7.90. The Balaban J connectivity index is 2.04. The Labute approximate surface area is 129 Å². The van der Waals surface area contributed by atoms with Gasteiger partial charge in [-0.1, -0.05) is 20.8 Å². The number of rotatable bonds is 4. The van der Waals surface area contributed by atoms with Crippen molar-refractivity contribution in [3.8, 4) is 0 Å². The molecule has 0 bridgehead atoms. The standard InChI is InChI=1S/C15H19F2NO3S/c1-15(2,3)8-22(20,21)18-14(19)12-7-10(12)11-6-9(16)4-5-13(11)17/h4-6,10,12H,7-8H2,1-3H3,(H,18,19)/t10-,12+/m1/s1. The van der Waals surface area contributed by atoms with E-state index in [1.807, 2.05) is 4.72 Å². The van der Waals surface area contributed by atoms with Gasteiger partial charge in [0.1, 0.15) is 11.6 Å². The summed E-state index contributed by atoms with van der Waals surface area (Å²) in [4.78, 5) is 12.0. The average Bonchev–Trinajstić information content (AvgIpc) is 3.08. The summed E-state index contributed by atoms with van der Waals surface area (Å²) in [5.74, 6) is -3.11. The van der Waals surface area contributed by atoms with E-state index in [4.69, 9.17) is 0 Å². The van der Waals surface area contributed by atoms with Gasteiger partial charge in [-0.15, -0.1) is 0 Å². The minimum Gasteiger partial charge on any atom is -0.274 e. The van der Waals surface area contributed by atoms with Crippen molar-refractivity contribution in [2.45, 2.75) is 33.1 Å². The predicted octanol–water partition coefficient (Wildman–Crippen LogP) is 2.56. The lowest BCUT2D eigenvalue weighted by molar-refractivity contribution is -0.120. The molecular weight excluding hydrogens is 312 g/mol. The van der Waals surface area contributed by atoms with E-state index in [1.54, 1.807) is 20.8 Å². The molecule has 7 heteroatoms. The van der Waals surface area contributed by atoms with Crippen LogP contribution in [0.4, 0.5) is 8.78 Å². The van der Waals surface area contributed by atoms with Crippen LogP contribution >= 0.6 is 0 Å². The molecule has 0 aromatic heterocycles. The fourth-order valence-corrected chi connectivity index (χ4v) is 4.13. The number of nitrogens with one attached hydrogen (secondary N) is 1. The van der Waals surface area contributed by atoms with E-state index in [2.05, 4.69) is 0 Å². The second-order valence-electron chi connectivity index (χ2n) is 6.90. The Bertz CT molecular complexity index is 695. The first kappa shape index (κ1) is 16.9. The molecule has 1 aliphatic carbocycles. The first-order chi connectivity index (χ1) is 9.98. The normalized spacial score (nSPS) is 21.5. The van der Waals surface area contributed by atoms with Crippen molar-refractivity contribution < 1.29 is 22.0 Å². The number of benzene rings is 1. The van der Waals surface area contributed by atoms with Gasteiger partial charge in [-0.05, 0) is 41.5 Å². The lowest BCUT2D eigenvalue weighted by Crippen LogP contribution is -2.37. The SMILES string of the molecule is CC(C)(C)CS(=O)(=O)NC(=O)[C@H]1C[C@@H]1c1cc(F)ccc1F. The van der Waals surface area contributed by atoms with Gasteiger partial charge in [0, 0.05) is 5.92 Å². The topological polar surface area (TPSA) is 63.2 Å². The van der Waals surface area contributed by atoms with Gasteiger partial charge in [0.05, 0.1) is 5.75 Å². The molecule has 1 saturated carbocycles. The third-order valence-electron chi connectivity index (χ3n) is 3.36. The van der Waals surface area contributed by atoms with Crippen molar-refractivity contribution in [3.63, 3.8) is 0 Å². The Kier molecular flexibility index (Phi) is 4.30. The largest absolute Gasteiger partial charge is 0.274 e. The Hall–Kier alpha value is -1.50. The maximum Gasteiger partial charge on any atom is 0.237 e. The molecule has 0 heterocycles. The summed E-state index contributed by atoms with van der Waals surface area (Å²) in [6.45, 7) is 5.25. The lowest BCUT2D eigenvalue weighted by Gasteiger charge is -2.18. The highest BCUT2D eigenvalue weighted by atomic mass is 32.2. The Morgan fingerprint density at radius 3 is 2.55 bits per heavy atom. The van der Waals surface area contributed by atoms with Gasteiger partial charge in [-0.25, -0.2) is 17.2 Å². The number of carbonyl (C=O) groups is 1. The van der Waals surface area contributed by atoms with Crippen molar-refractivity contribution in [2.75, 3.05) is 5.75 Å². The second kappa shape index (κ2) is 5.61. The van der Waals surface area contributed by atoms with Crippen LogP contribution in [0.5, 0.6) is 0 Å². The minimum atomic E-state index is -3.73. The number of halogens is 2. The first-order valence-corrected chi connectivity index (χ1v) is 8.63. The highest BCUT2D eigenvalue weighted by Gasteiger charge is 2.46. The van der Waals surface area contributed by atoms with Gasteiger partial charge in [-0.3, -0.25) is 9.52 Å². The molecule has 1 amide bonds. The zero-order valence-electron chi connectivity index (χ0n) is 12.7. The van der Waals surface area contributed by atoms with Crippen LogP contribution in [0.3, 0.4) is 0 Å². The Morgan fingerprint density at radius 1 is 1.32 bits per heavy atom. The fourth-order valence-electron chi connectivity index (χ4n) is 2.46. The van der Waals surface area contributed by atoms with Gasteiger partial charge in [0.25, 0.3) is 0 Å².